The number of nitrogens with two attached hydrogens (primary N) is 1. The molecule has 2 N–H and O–H groups in total. The van der Waals surface area contributed by atoms with Crippen LogP contribution >= 0.6 is 0 Å². The van der Waals surface area contributed by atoms with Gasteiger partial charge in [0.25, 0.3) is 0 Å². The van der Waals surface area contributed by atoms with Crippen molar-refractivity contribution < 1.29 is 4.39 Å². The summed E-state index contributed by atoms with van der Waals surface area (Å²) >= 11 is 0. The van der Waals surface area contributed by atoms with Gasteiger partial charge in [-0.3, -0.25) is 9.80 Å². The highest BCUT2D eigenvalue weighted by Gasteiger charge is 2.34. The van der Waals surface area contributed by atoms with Crippen molar-refractivity contribution in [2.24, 2.45) is 5.73 Å². The van der Waals surface area contributed by atoms with Gasteiger partial charge in [0, 0.05) is 37.8 Å². The number of halogens is 1. The minimum atomic E-state index is -0.125. The lowest BCUT2D eigenvalue weighted by Gasteiger charge is -2.41. The van der Waals surface area contributed by atoms with Crippen LogP contribution < -0.4 is 5.73 Å². The van der Waals surface area contributed by atoms with Crippen LogP contribution in [0.1, 0.15) is 30.0 Å². The summed E-state index contributed by atoms with van der Waals surface area (Å²) in [5.74, 6) is -0.125. The monoisotopic (exact) mass is 277 g/mol. The lowest BCUT2D eigenvalue weighted by Crippen LogP contribution is -2.52. The number of nitrogens with zero attached hydrogens (tertiary/aromatic N) is 2. The molecule has 1 aromatic carbocycles. The molecule has 0 amide bonds. The molecule has 0 aliphatic carbocycles. The minimum absolute atomic E-state index is 0.0117. The number of hydrogen-bond donors (Lipinski definition) is 1. The fraction of sp³-hybridized carbons (Fsp3) is 0.625. The summed E-state index contributed by atoms with van der Waals surface area (Å²) in [6, 6.07) is 6.00. The van der Waals surface area contributed by atoms with Crippen molar-refractivity contribution in [3.63, 3.8) is 0 Å². The topological polar surface area (TPSA) is 32.5 Å². The molecule has 2 heterocycles. The molecule has 3 rings (SSSR count). The third-order valence-corrected chi connectivity index (χ3v) is 4.79. The van der Waals surface area contributed by atoms with Gasteiger partial charge < -0.3 is 5.73 Å². The molecule has 1 aromatic rings. The Hall–Kier alpha value is -0.970. The number of rotatable bonds is 3. The molecule has 0 aromatic heterocycles. The van der Waals surface area contributed by atoms with Crippen LogP contribution in [-0.2, 0) is 0 Å². The average Bonchev–Trinajstić information content (AvgIpc) is 2.91. The number of benzene rings is 1. The summed E-state index contributed by atoms with van der Waals surface area (Å²) < 4.78 is 14.1. The highest BCUT2D eigenvalue weighted by Crippen LogP contribution is 2.29. The first-order valence-corrected chi connectivity index (χ1v) is 7.63. The van der Waals surface area contributed by atoms with Crippen LogP contribution in [0.15, 0.2) is 18.2 Å². The number of piperazine rings is 1. The second-order valence-electron chi connectivity index (χ2n) is 6.10. The van der Waals surface area contributed by atoms with Crippen molar-refractivity contribution in [2.75, 3.05) is 32.7 Å². The number of fused-ring (bicyclic) bond motifs is 1. The van der Waals surface area contributed by atoms with E-state index >= 15 is 0 Å². The highest BCUT2D eigenvalue weighted by atomic mass is 19.1. The van der Waals surface area contributed by atoms with Gasteiger partial charge in [0.1, 0.15) is 5.82 Å². The van der Waals surface area contributed by atoms with E-state index in [0.29, 0.717) is 12.6 Å². The Labute approximate surface area is 120 Å². The summed E-state index contributed by atoms with van der Waals surface area (Å²) in [6.07, 6.45) is 2.56. The summed E-state index contributed by atoms with van der Waals surface area (Å²) in [5.41, 5.74) is 7.83. The first-order valence-electron chi connectivity index (χ1n) is 7.63. The van der Waals surface area contributed by atoms with E-state index < -0.39 is 0 Å². The molecule has 0 spiro atoms. The van der Waals surface area contributed by atoms with Crippen LogP contribution in [0.3, 0.4) is 0 Å². The summed E-state index contributed by atoms with van der Waals surface area (Å²) in [5, 5.41) is 0. The average molecular weight is 277 g/mol. The van der Waals surface area contributed by atoms with Gasteiger partial charge in [-0.1, -0.05) is 17.7 Å². The Bertz CT molecular complexity index is 477. The zero-order valence-corrected chi connectivity index (χ0v) is 12.2. The van der Waals surface area contributed by atoms with Crippen LogP contribution in [0.25, 0.3) is 0 Å². The van der Waals surface area contributed by atoms with E-state index in [1.807, 2.05) is 19.1 Å². The van der Waals surface area contributed by atoms with Crippen LogP contribution in [-0.4, -0.2) is 48.6 Å². The fourth-order valence-electron chi connectivity index (χ4n) is 3.69. The van der Waals surface area contributed by atoms with Gasteiger partial charge in [-0.2, -0.15) is 0 Å². The molecular weight excluding hydrogens is 253 g/mol. The lowest BCUT2D eigenvalue weighted by atomic mass is 10.00. The second-order valence-corrected chi connectivity index (χ2v) is 6.10. The van der Waals surface area contributed by atoms with Gasteiger partial charge in [0.2, 0.25) is 0 Å². The Morgan fingerprint density at radius 3 is 3.00 bits per heavy atom. The molecule has 2 saturated heterocycles. The van der Waals surface area contributed by atoms with E-state index in [1.54, 1.807) is 6.07 Å². The predicted molar refractivity (Wildman–Crippen MR) is 79.1 cm³/mol. The molecule has 0 bridgehead atoms. The van der Waals surface area contributed by atoms with Crippen molar-refractivity contribution in [1.29, 1.82) is 0 Å². The van der Waals surface area contributed by atoms with Crippen molar-refractivity contribution >= 4 is 0 Å². The van der Waals surface area contributed by atoms with Crippen LogP contribution in [0.5, 0.6) is 0 Å². The molecule has 110 valence electrons. The lowest BCUT2D eigenvalue weighted by molar-refractivity contribution is 0.0725. The van der Waals surface area contributed by atoms with Crippen LogP contribution in [0, 0.1) is 12.7 Å². The number of hydrogen-bond acceptors (Lipinski definition) is 3. The van der Waals surface area contributed by atoms with Gasteiger partial charge in [0.05, 0.1) is 6.04 Å². The first-order chi connectivity index (χ1) is 9.69. The maximum Gasteiger partial charge on any atom is 0.128 e. The van der Waals surface area contributed by atoms with E-state index in [-0.39, 0.29) is 11.9 Å². The first kappa shape index (κ1) is 14.0. The van der Waals surface area contributed by atoms with Crippen LogP contribution in [0.2, 0.25) is 0 Å². The Morgan fingerprint density at radius 1 is 1.35 bits per heavy atom. The molecule has 3 nitrogen and oxygen atoms in total. The third kappa shape index (κ3) is 2.60. The van der Waals surface area contributed by atoms with Gasteiger partial charge in [-0.25, -0.2) is 4.39 Å². The van der Waals surface area contributed by atoms with E-state index in [0.717, 1.165) is 30.8 Å². The Balaban J connectivity index is 1.81. The molecule has 2 atom stereocenters. The zero-order valence-electron chi connectivity index (χ0n) is 12.2. The van der Waals surface area contributed by atoms with Gasteiger partial charge in [-0.05, 0) is 32.4 Å². The molecule has 4 heteroatoms. The van der Waals surface area contributed by atoms with E-state index in [9.17, 15) is 4.39 Å². The molecule has 2 aliphatic heterocycles. The third-order valence-electron chi connectivity index (χ3n) is 4.79. The van der Waals surface area contributed by atoms with Crippen molar-refractivity contribution in [2.45, 2.75) is 31.8 Å². The van der Waals surface area contributed by atoms with E-state index in [4.69, 9.17) is 5.73 Å². The molecule has 0 saturated carbocycles. The number of aryl methyl sites for hydroxylation is 1. The van der Waals surface area contributed by atoms with Crippen molar-refractivity contribution in [3.05, 3.63) is 35.1 Å². The largest absolute Gasteiger partial charge is 0.329 e. The molecule has 0 radical (unpaired) electrons. The summed E-state index contributed by atoms with van der Waals surface area (Å²) in [7, 11) is 0. The zero-order chi connectivity index (χ0) is 14.1. The predicted octanol–water partition coefficient (Wildman–Crippen LogP) is 1.91. The minimum Gasteiger partial charge on any atom is -0.329 e. The van der Waals surface area contributed by atoms with E-state index in [2.05, 4.69) is 9.80 Å². The van der Waals surface area contributed by atoms with Crippen molar-refractivity contribution in [3.8, 4) is 0 Å². The van der Waals surface area contributed by atoms with Gasteiger partial charge >= 0.3 is 0 Å². The summed E-state index contributed by atoms with van der Waals surface area (Å²) in [4.78, 5) is 4.95. The molecule has 2 unspecified atom stereocenters. The fourth-order valence-corrected chi connectivity index (χ4v) is 3.69. The second kappa shape index (κ2) is 5.80. The Morgan fingerprint density at radius 2 is 2.20 bits per heavy atom. The maximum atomic E-state index is 14.1. The van der Waals surface area contributed by atoms with Gasteiger partial charge in [0.15, 0.2) is 0 Å². The standard InChI is InChI=1S/C16H24FN3/c1-12-4-5-15(17)14(9-12)16(10-18)20-8-7-19-6-2-3-13(19)11-20/h4-5,9,13,16H,2-3,6-8,10-11,18H2,1H3. The van der Waals surface area contributed by atoms with E-state index in [1.165, 1.54) is 19.4 Å². The maximum absolute atomic E-state index is 14.1. The van der Waals surface area contributed by atoms with Crippen LogP contribution in [0.4, 0.5) is 4.39 Å². The SMILES string of the molecule is Cc1ccc(F)c(C(CN)N2CCN3CCCC3C2)c1. The molecule has 20 heavy (non-hydrogen) atoms. The van der Waals surface area contributed by atoms with Crippen molar-refractivity contribution in [1.82, 2.24) is 9.80 Å². The molecule has 2 aliphatic rings. The molecular formula is C16H24FN3. The normalized spacial score (nSPS) is 25.6. The van der Waals surface area contributed by atoms with Gasteiger partial charge in [-0.15, -0.1) is 0 Å². The summed E-state index contributed by atoms with van der Waals surface area (Å²) in [6.45, 7) is 6.82. The molecule has 2 fully saturated rings. The Kier molecular flexibility index (Phi) is 4.06. The quantitative estimate of drug-likeness (QED) is 0.916. The smallest absolute Gasteiger partial charge is 0.128 e. The highest BCUT2D eigenvalue weighted by molar-refractivity contribution is 5.27.